The average Bonchev–Trinajstić information content (AvgIpc) is 2.20. The molecule has 5 nitrogen and oxygen atoms in total. The number of carboxylic acid groups (broad SMARTS) is 1. The van der Waals surface area contributed by atoms with Crippen molar-refractivity contribution in [3.8, 4) is 0 Å². The van der Waals surface area contributed by atoms with Crippen LogP contribution in [0.4, 0.5) is 0 Å². The summed E-state index contributed by atoms with van der Waals surface area (Å²) >= 11 is 1.62. The molecule has 1 amide bonds. The van der Waals surface area contributed by atoms with Crippen molar-refractivity contribution in [2.45, 2.75) is 32.4 Å². The molecule has 0 aromatic heterocycles. The van der Waals surface area contributed by atoms with Crippen LogP contribution in [0.3, 0.4) is 0 Å². The second-order valence-corrected chi connectivity index (χ2v) is 4.72. The molecule has 1 atom stereocenters. The Kier molecular flexibility index (Phi) is 9.03. The molecule has 2 N–H and O–H groups in total. The number of nitrogens with one attached hydrogen (secondary N) is 1. The zero-order valence-electron chi connectivity index (χ0n) is 9.64. The van der Waals surface area contributed by atoms with E-state index >= 15 is 0 Å². The van der Waals surface area contributed by atoms with Crippen LogP contribution in [0.5, 0.6) is 0 Å². The van der Waals surface area contributed by atoms with Gasteiger partial charge in [0.25, 0.3) is 0 Å². The number of hydrogen-bond donors (Lipinski definition) is 2. The number of thioether (sulfide) groups is 1. The van der Waals surface area contributed by atoms with Crippen LogP contribution in [0, 0.1) is 0 Å². The van der Waals surface area contributed by atoms with Gasteiger partial charge in [0.05, 0.1) is 12.7 Å². The smallest absolute Gasteiger partial charge is 0.326 e. The van der Waals surface area contributed by atoms with Crippen molar-refractivity contribution in [3.05, 3.63) is 0 Å². The van der Waals surface area contributed by atoms with Gasteiger partial charge in [0.2, 0.25) is 6.41 Å². The highest BCUT2D eigenvalue weighted by atomic mass is 32.2. The lowest BCUT2D eigenvalue weighted by atomic mass is 10.2. The zero-order valence-corrected chi connectivity index (χ0v) is 10.5. The third-order valence-electron chi connectivity index (χ3n) is 1.80. The van der Waals surface area contributed by atoms with Gasteiger partial charge < -0.3 is 15.2 Å². The Morgan fingerprint density at radius 3 is 2.69 bits per heavy atom. The first-order valence-corrected chi connectivity index (χ1v) is 6.35. The van der Waals surface area contributed by atoms with Crippen molar-refractivity contribution >= 4 is 24.1 Å². The number of ether oxygens (including phenoxy) is 1. The molecule has 0 fully saturated rings. The van der Waals surface area contributed by atoms with Gasteiger partial charge in [0, 0.05) is 5.75 Å². The van der Waals surface area contributed by atoms with Gasteiger partial charge in [0.15, 0.2) is 0 Å². The van der Waals surface area contributed by atoms with Gasteiger partial charge in [-0.2, -0.15) is 11.8 Å². The summed E-state index contributed by atoms with van der Waals surface area (Å²) in [5.41, 5.74) is 0. The van der Waals surface area contributed by atoms with Gasteiger partial charge in [-0.25, -0.2) is 4.79 Å². The molecule has 0 rings (SSSR count). The third kappa shape index (κ3) is 8.55. The quantitative estimate of drug-likeness (QED) is 0.441. The van der Waals surface area contributed by atoms with Crippen LogP contribution in [0.2, 0.25) is 0 Å². The van der Waals surface area contributed by atoms with E-state index in [1.807, 2.05) is 13.8 Å². The topological polar surface area (TPSA) is 75.6 Å². The summed E-state index contributed by atoms with van der Waals surface area (Å²) in [5, 5.41) is 11.0. The molecule has 0 radical (unpaired) electrons. The SMILES string of the molecule is CC(C)OCCSCCC(NC=O)C(=O)O. The van der Waals surface area contributed by atoms with Crippen LogP contribution >= 0.6 is 11.8 Å². The lowest BCUT2D eigenvalue weighted by Crippen LogP contribution is -2.36. The molecule has 6 heteroatoms. The van der Waals surface area contributed by atoms with E-state index in [2.05, 4.69) is 5.32 Å². The average molecular weight is 249 g/mol. The number of amides is 1. The predicted molar refractivity (Wildman–Crippen MR) is 63.7 cm³/mol. The Bertz CT molecular complexity index is 211. The largest absolute Gasteiger partial charge is 0.480 e. The molecule has 0 aromatic rings. The molecule has 0 saturated heterocycles. The lowest BCUT2D eigenvalue weighted by molar-refractivity contribution is -0.140. The standard InChI is InChI=1S/C10H19NO4S/c1-8(2)15-4-6-16-5-3-9(10(13)14)11-7-12/h7-9H,3-6H2,1-2H3,(H,11,12)(H,13,14). The summed E-state index contributed by atoms with van der Waals surface area (Å²) in [6, 6.07) is -0.781. The second-order valence-electron chi connectivity index (χ2n) is 3.50. The molecule has 0 saturated carbocycles. The van der Waals surface area contributed by atoms with E-state index in [0.29, 0.717) is 25.2 Å². The molecule has 0 aliphatic heterocycles. The molecule has 16 heavy (non-hydrogen) atoms. The normalized spacial score (nSPS) is 12.4. The monoisotopic (exact) mass is 249 g/mol. The van der Waals surface area contributed by atoms with E-state index in [0.717, 1.165) is 5.75 Å². The minimum atomic E-state index is -0.994. The lowest BCUT2D eigenvalue weighted by Gasteiger charge is -2.11. The first-order valence-electron chi connectivity index (χ1n) is 5.19. The maximum atomic E-state index is 10.6. The van der Waals surface area contributed by atoms with Gasteiger partial charge in [-0.3, -0.25) is 4.79 Å². The van der Waals surface area contributed by atoms with Gasteiger partial charge in [0.1, 0.15) is 6.04 Å². The molecule has 1 unspecified atom stereocenters. The summed E-state index contributed by atoms with van der Waals surface area (Å²) < 4.78 is 5.33. The highest BCUT2D eigenvalue weighted by Crippen LogP contribution is 2.05. The summed E-state index contributed by atoms with van der Waals surface area (Å²) in [5.74, 6) is 0.538. The Balaban J connectivity index is 3.47. The zero-order chi connectivity index (χ0) is 12.4. The van der Waals surface area contributed by atoms with Gasteiger partial charge >= 0.3 is 5.97 Å². The van der Waals surface area contributed by atoms with E-state index in [4.69, 9.17) is 9.84 Å². The highest BCUT2D eigenvalue weighted by molar-refractivity contribution is 7.99. The van der Waals surface area contributed by atoms with Crippen LogP contribution < -0.4 is 5.32 Å². The molecule has 0 aliphatic carbocycles. The fourth-order valence-electron chi connectivity index (χ4n) is 1.01. The van der Waals surface area contributed by atoms with E-state index in [1.165, 1.54) is 0 Å². The Hall–Kier alpha value is -0.750. The van der Waals surface area contributed by atoms with Crippen molar-refractivity contribution in [2.75, 3.05) is 18.1 Å². The summed E-state index contributed by atoms with van der Waals surface area (Å²) in [6.45, 7) is 4.61. The van der Waals surface area contributed by atoms with Crippen molar-refractivity contribution in [3.63, 3.8) is 0 Å². The van der Waals surface area contributed by atoms with E-state index in [-0.39, 0.29) is 6.10 Å². The maximum Gasteiger partial charge on any atom is 0.326 e. The predicted octanol–water partition coefficient (Wildman–Crippen LogP) is 0.734. The molecule has 0 heterocycles. The first kappa shape index (κ1) is 15.2. The summed E-state index contributed by atoms with van der Waals surface area (Å²) in [4.78, 5) is 20.8. The molecule has 94 valence electrons. The van der Waals surface area contributed by atoms with Crippen molar-refractivity contribution in [1.82, 2.24) is 5.32 Å². The number of aliphatic carboxylic acids is 1. The van der Waals surface area contributed by atoms with Gasteiger partial charge in [-0.05, 0) is 26.0 Å². The number of carbonyl (C=O) groups is 2. The number of hydrogen-bond acceptors (Lipinski definition) is 4. The number of carbonyl (C=O) groups excluding carboxylic acids is 1. The van der Waals surface area contributed by atoms with E-state index in [9.17, 15) is 9.59 Å². The Labute approximate surface area is 99.9 Å². The van der Waals surface area contributed by atoms with Crippen molar-refractivity contribution in [2.24, 2.45) is 0 Å². The Morgan fingerprint density at radius 1 is 1.50 bits per heavy atom. The summed E-state index contributed by atoms with van der Waals surface area (Å²) in [7, 11) is 0. The minimum Gasteiger partial charge on any atom is -0.480 e. The van der Waals surface area contributed by atoms with Crippen LogP contribution in [0.25, 0.3) is 0 Å². The van der Waals surface area contributed by atoms with Crippen LogP contribution in [-0.4, -0.2) is 47.7 Å². The number of carboxylic acids is 1. The van der Waals surface area contributed by atoms with E-state index < -0.39 is 12.0 Å². The van der Waals surface area contributed by atoms with E-state index in [1.54, 1.807) is 11.8 Å². The third-order valence-corrected chi connectivity index (χ3v) is 2.78. The van der Waals surface area contributed by atoms with Gasteiger partial charge in [-0.15, -0.1) is 0 Å². The fourth-order valence-corrected chi connectivity index (χ4v) is 1.83. The first-order chi connectivity index (χ1) is 7.57. The maximum absolute atomic E-state index is 10.6. The summed E-state index contributed by atoms with van der Waals surface area (Å²) in [6.07, 6.45) is 1.08. The molecule has 0 bridgehead atoms. The van der Waals surface area contributed by atoms with Crippen LogP contribution in [-0.2, 0) is 14.3 Å². The second kappa shape index (κ2) is 9.47. The van der Waals surface area contributed by atoms with Crippen LogP contribution in [0.15, 0.2) is 0 Å². The van der Waals surface area contributed by atoms with Crippen LogP contribution in [0.1, 0.15) is 20.3 Å². The Morgan fingerprint density at radius 2 is 2.19 bits per heavy atom. The molecular weight excluding hydrogens is 230 g/mol. The molecule has 0 spiro atoms. The fraction of sp³-hybridized carbons (Fsp3) is 0.800. The molecule has 0 aliphatic rings. The van der Waals surface area contributed by atoms with Crippen molar-refractivity contribution in [1.29, 1.82) is 0 Å². The van der Waals surface area contributed by atoms with Gasteiger partial charge in [-0.1, -0.05) is 0 Å². The van der Waals surface area contributed by atoms with Crippen molar-refractivity contribution < 1.29 is 19.4 Å². The molecular formula is C10H19NO4S. The number of rotatable bonds is 10. The molecule has 0 aromatic carbocycles. The highest BCUT2D eigenvalue weighted by Gasteiger charge is 2.15. The minimum absolute atomic E-state index is 0.226.